The molecule has 0 atom stereocenters. The van der Waals surface area contributed by atoms with Crippen LogP contribution in [0.5, 0.6) is 5.88 Å². The van der Waals surface area contributed by atoms with Crippen molar-refractivity contribution in [2.45, 2.75) is 18.0 Å². The molecule has 0 fully saturated rings. The van der Waals surface area contributed by atoms with Crippen LogP contribution in [0, 0.1) is 0 Å². The van der Waals surface area contributed by atoms with Crippen molar-refractivity contribution in [1.82, 2.24) is 15.0 Å². The van der Waals surface area contributed by atoms with Gasteiger partial charge in [-0.05, 0) is 31.0 Å². The Morgan fingerprint density at radius 3 is 2.81 bits per heavy atom. The van der Waals surface area contributed by atoms with Gasteiger partial charge in [-0.3, -0.25) is 0 Å². The second kappa shape index (κ2) is 7.13. The molecule has 0 aliphatic rings. The van der Waals surface area contributed by atoms with Crippen LogP contribution < -0.4 is 4.74 Å². The van der Waals surface area contributed by atoms with E-state index in [2.05, 4.69) is 15.0 Å². The number of hydrogen-bond acceptors (Lipinski definition) is 4. The largest absolute Gasteiger partial charge is 0.478 e. The van der Waals surface area contributed by atoms with Crippen molar-refractivity contribution in [2.75, 3.05) is 12.4 Å². The van der Waals surface area contributed by atoms with Crippen LogP contribution in [0.1, 0.15) is 12.8 Å². The molecule has 3 rings (SSSR count). The van der Waals surface area contributed by atoms with Crippen molar-refractivity contribution >= 4 is 22.8 Å². The highest BCUT2D eigenvalue weighted by Crippen LogP contribution is 2.20. The van der Waals surface area contributed by atoms with Crippen LogP contribution in [0.3, 0.4) is 0 Å². The minimum atomic E-state index is 0.697. The summed E-state index contributed by atoms with van der Waals surface area (Å²) in [5.74, 6) is 1.73. The van der Waals surface area contributed by atoms with Crippen LogP contribution in [0.4, 0.5) is 0 Å². The fraction of sp³-hybridized carbons (Fsp3) is 0.250. The molecule has 0 spiro atoms. The molecule has 1 aromatic carbocycles. The van der Waals surface area contributed by atoms with E-state index >= 15 is 0 Å². The van der Waals surface area contributed by atoms with Crippen LogP contribution in [0.15, 0.2) is 53.8 Å². The van der Waals surface area contributed by atoms with Gasteiger partial charge in [-0.2, -0.15) is 0 Å². The van der Waals surface area contributed by atoms with E-state index in [1.165, 1.54) is 0 Å². The Kier molecular flexibility index (Phi) is 4.74. The molecule has 0 aliphatic heterocycles. The van der Waals surface area contributed by atoms with Gasteiger partial charge in [-0.1, -0.05) is 30.0 Å². The topological polar surface area (TPSA) is 50.8 Å². The summed E-state index contributed by atoms with van der Waals surface area (Å²) in [7, 11) is 0. The minimum Gasteiger partial charge on any atom is -0.478 e. The highest BCUT2D eigenvalue weighted by atomic mass is 32.2. The lowest BCUT2D eigenvalue weighted by molar-refractivity contribution is 0.298. The Bertz CT molecular complexity index is 651. The lowest BCUT2D eigenvalue weighted by atomic mass is 10.3. The Morgan fingerprint density at radius 2 is 1.95 bits per heavy atom. The normalized spacial score (nSPS) is 10.9. The van der Waals surface area contributed by atoms with Crippen molar-refractivity contribution in [2.24, 2.45) is 0 Å². The van der Waals surface area contributed by atoms with E-state index in [9.17, 15) is 0 Å². The quantitative estimate of drug-likeness (QED) is 0.531. The van der Waals surface area contributed by atoms with Gasteiger partial charge in [-0.15, -0.1) is 0 Å². The first kappa shape index (κ1) is 13.9. The van der Waals surface area contributed by atoms with Crippen molar-refractivity contribution in [3.8, 4) is 5.88 Å². The molecule has 21 heavy (non-hydrogen) atoms. The van der Waals surface area contributed by atoms with E-state index in [4.69, 9.17) is 4.74 Å². The number of para-hydroxylation sites is 2. The molecule has 0 bridgehead atoms. The molecule has 108 valence electrons. The Hall–Kier alpha value is -2.01. The molecule has 4 nitrogen and oxygen atoms in total. The van der Waals surface area contributed by atoms with Crippen molar-refractivity contribution in [1.29, 1.82) is 0 Å². The number of benzene rings is 1. The van der Waals surface area contributed by atoms with E-state index in [0.717, 1.165) is 34.8 Å². The number of nitrogens with zero attached hydrogens (tertiary/aromatic N) is 2. The van der Waals surface area contributed by atoms with Gasteiger partial charge in [0.1, 0.15) is 0 Å². The van der Waals surface area contributed by atoms with Crippen LogP contribution in [-0.2, 0) is 0 Å². The molecule has 2 aromatic heterocycles. The molecule has 0 unspecified atom stereocenters. The number of rotatable bonds is 7. The van der Waals surface area contributed by atoms with E-state index < -0.39 is 0 Å². The van der Waals surface area contributed by atoms with Crippen molar-refractivity contribution in [3.05, 3.63) is 48.7 Å². The summed E-state index contributed by atoms with van der Waals surface area (Å²) in [5.41, 5.74) is 2.12. The molecular weight excluding hydrogens is 282 g/mol. The van der Waals surface area contributed by atoms with Gasteiger partial charge in [-0.25, -0.2) is 9.97 Å². The average molecular weight is 299 g/mol. The van der Waals surface area contributed by atoms with Crippen molar-refractivity contribution < 1.29 is 4.74 Å². The van der Waals surface area contributed by atoms with Gasteiger partial charge in [0, 0.05) is 18.0 Å². The maximum atomic E-state index is 5.56. The predicted octanol–water partition coefficient (Wildman–Crippen LogP) is 3.91. The zero-order valence-electron chi connectivity index (χ0n) is 11.7. The van der Waals surface area contributed by atoms with Crippen LogP contribution >= 0.6 is 11.8 Å². The van der Waals surface area contributed by atoms with Crippen LogP contribution in [0.2, 0.25) is 0 Å². The number of aromatic amines is 1. The van der Waals surface area contributed by atoms with Gasteiger partial charge in [0.15, 0.2) is 5.16 Å². The molecule has 3 aromatic rings. The number of unbranched alkanes of at least 4 members (excludes halogenated alkanes) is 1. The first-order chi connectivity index (χ1) is 10.4. The molecular formula is C16H17N3OS. The number of nitrogens with one attached hydrogen (secondary N) is 1. The molecule has 0 amide bonds. The Labute approximate surface area is 128 Å². The summed E-state index contributed by atoms with van der Waals surface area (Å²) in [5, 5.41) is 0.988. The summed E-state index contributed by atoms with van der Waals surface area (Å²) in [6, 6.07) is 13.8. The molecule has 0 saturated heterocycles. The smallest absolute Gasteiger partial charge is 0.213 e. The van der Waals surface area contributed by atoms with Crippen molar-refractivity contribution in [3.63, 3.8) is 0 Å². The first-order valence-corrected chi connectivity index (χ1v) is 8.02. The Balaban J connectivity index is 1.36. The number of pyridine rings is 1. The lowest BCUT2D eigenvalue weighted by Gasteiger charge is -2.03. The van der Waals surface area contributed by atoms with Crippen LogP contribution in [0.25, 0.3) is 11.0 Å². The SMILES string of the molecule is c1ccc(OCCCCSc2nc3ccccc3[nH]2)nc1. The first-order valence-electron chi connectivity index (χ1n) is 7.03. The number of imidazole rings is 1. The van der Waals surface area contributed by atoms with Gasteiger partial charge in [0.05, 0.1) is 17.6 Å². The Morgan fingerprint density at radius 1 is 1.05 bits per heavy atom. The van der Waals surface area contributed by atoms with E-state index in [0.29, 0.717) is 12.5 Å². The van der Waals surface area contributed by atoms with Gasteiger partial charge < -0.3 is 9.72 Å². The maximum absolute atomic E-state index is 5.56. The summed E-state index contributed by atoms with van der Waals surface area (Å²) in [6.07, 6.45) is 3.85. The highest BCUT2D eigenvalue weighted by molar-refractivity contribution is 7.99. The third kappa shape index (κ3) is 3.98. The summed E-state index contributed by atoms with van der Waals surface area (Å²) < 4.78 is 5.56. The molecule has 0 radical (unpaired) electrons. The van der Waals surface area contributed by atoms with Crippen LogP contribution in [-0.4, -0.2) is 27.3 Å². The second-order valence-electron chi connectivity index (χ2n) is 4.63. The summed E-state index contributed by atoms with van der Waals surface area (Å²) >= 11 is 1.75. The number of hydrogen-bond donors (Lipinski definition) is 1. The molecule has 2 heterocycles. The number of ether oxygens (including phenoxy) is 1. The zero-order chi connectivity index (χ0) is 14.3. The van der Waals surface area contributed by atoms with Gasteiger partial charge in [0.2, 0.25) is 5.88 Å². The molecule has 1 N–H and O–H groups in total. The number of fused-ring (bicyclic) bond motifs is 1. The molecule has 0 aliphatic carbocycles. The minimum absolute atomic E-state index is 0.697. The summed E-state index contributed by atoms with van der Waals surface area (Å²) in [4.78, 5) is 12.0. The van der Waals surface area contributed by atoms with E-state index in [1.807, 2.05) is 42.5 Å². The molecule has 5 heteroatoms. The summed E-state index contributed by atoms with van der Waals surface area (Å²) in [6.45, 7) is 0.706. The fourth-order valence-electron chi connectivity index (χ4n) is 1.98. The number of H-pyrrole nitrogens is 1. The highest BCUT2D eigenvalue weighted by Gasteiger charge is 2.02. The maximum Gasteiger partial charge on any atom is 0.213 e. The van der Waals surface area contributed by atoms with Gasteiger partial charge >= 0.3 is 0 Å². The van der Waals surface area contributed by atoms with E-state index in [1.54, 1.807) is 18.0 Å². The monoisotopic (exact) mass is 299 g/mol. The number of aromatic nitrogens is 3. The molecule has 0 saturated carbocycles. The fourth-order valence-corrected chi connectivity index (χ4v) is 2.87. The lowest BCUT2D eigenvalue weighted by Crippen LogP contribution is -1.99. The van der Waals surface area contributed by atoms with Gasteiger partial charge in [0.25, 0.3) is 0 Å². The third-order valence-corrected chi connectivity index (χ3v) is 3.99. The standard InChI is InChI=1S/C16H17N3OS/c1-2-8-14-13(7-1)18-16(19-14)21-12-6-5-11-20-15-9-3-4-10-17-15/h1-4,7-10H,5-6,11-12H2,(H,18,19). The predicted molar refractivity (Wildman–Crippen MR) is 85.8 cm³/mol. The zero-order valence-corrected chi connectivity index (χ0v) is 12.5. The number of thioether (sulfide) groups is 1. The third-order valence-electron chi connectivity index (χ3n) is 3.03. The van der Waals surface area contributed by atoms with E-state index in [-0.39, 0.29) is 0 Å². The second-order valence-corrected chi connectivity index (χ2v) is 5.71. The average Bonchev–Trinajstić information content (AvgIpc) is 2.94.